The van der Waals surface area contributed by atoms with E-state index in [-0.39, 0.29) is 18.5 Å². The van der Waals surface area contributed by atoms with Gasteiger partial charge in [0.1, 0.15) is 0 Å². The summed E-state index contributed by atoms with van der Waals surface area (Å²) in [6, 6.07) is 0.0572. The van der Waals surface area contributed by atoms with Crippen LogP contribution in [0.4, 0.5) is 4.79 Å². The van der Waals surface area contributed by atoms with E-state index in [0.717, 1.165) is 51.7 Å². The van der Waals surface area contributed by atoms with E-state index in [1.54, 1.807) is 0 Å². The molecule has 1 heterocycles. The Morgan fingerprint density at radius 3 is 2.52 bits per heavy atom. The minimum atomic E-state index is -0.833. The molecule has 2 rings (SSSR count). The smallest absolute Gasteiger partial charge is 0.318 e. The van der Waals surface area contributed by atoms with Crippen LogP contribution < -0.4 is 5.32 Å². The lowest BCUT2D eigenvalue weighted by Crippen LogP contribution is -2.55. The lowest BCUT2D eigenvalue weighted by atomic mass is 9.93. The van der Waals surface area contributed by atoms with Gasteiger partial charge in [-0.1, -0.05) is 12.8 Å². The van der Waals surface area contributed by atoms with Gasteiger partial charge >= 0.3 is 12.0 Å². The summed E-state index contributed by atoms with van der Waals surface area (Å²) in [6.45, 7) is 4.65. The Morgan fingerprint density at radius 2 is 1.90 bits per heavy atom. The highest BCUT2D eigenvalue weighted by Gasteiger charge is 2.39. The highest BCUT2D eigenvalue weighted by molar-refractivity contribution is 5.77. The number of aliphatic carboxylic acids is 1. The van der Waals surface area contributed by atoms with Gasteiger partial charge in [-0.05, 0) is 39.8 Å². The van der Waals surface area contributed by atoms with Gasteiger partial charge in [-0.2, -0.15) is 0 Å². The quantitative estimate of drug-likeness (QED) is 0.828. The maximum atomic E-state index is 12.6. The molecule has 1 aliphatic heterocycles. The van der Waals surface area contributed by atoms with Crippen LogP contribution in [0.3, 0.4) is 0 Å². The van der Waals surface area contributed by atoms with Crippen molar-refractivity contribution in [3.63, 3.8) is 0 Å². The molecular weight excluding hydrogens is 270 g/mol. The normalized spacial score (nSPS) is 26.4. The second kappa shape index (κ2) is 6.64. The molecule has 0 radical (unpaired) electrons. The van der Waals surface area contributed by atoms with Crippen LogP contribution in [0.2, 0.25) is 0 Å². The summed E-state index contributed by atoms with van der Waals surface area (Å²) in [4.78, 5) is 27.8. The van der Waals surface area contributed by atoms with Gasteiger partial charge < -0.3 is 20.2 Å². The standard InChI is InChI=1S/C15H27N3O3/c1-12-11-17(2)8-5-9-18(12)14(21)16-15(10-13(19)20)6-3-4-7-15/h12H,3-11H2,1-2H3,(H,16,21)(H,19,20). The van der Waals surface area contributed by atoms with Crippen molar-refractivity contribution in [1.29, 1.82) is 0 Å². The zero-order valence-electron chi connectivity index (χ0n) is 13.1. The largest absolute Gasteiger partial charge is 0.481 e. The van der Waals surface area contributed by atoms with Crippen LogP contribution in [-0.2, 0) is 4.79 Å². The fraction of sp³-hybridized carbons (Fsp3) is 0.867. The summed E-state index contributed by atoms with van der Waals surface area (Å²) < 4.78 is 0. The van der Waals surface area contributed by atoms with Gasteiger partial charge in [0.25, 0.3) is 0 Å². The van der Waals surface area contributed by atoms with Crippen LogP contribution in [0, 0.1) is 0 Å². The first-order valence-corrected chi connectivity index (χ1v) is 7.91. The minimum absolute atomic E-state index is 0.0286. The molecule has 120 valence electrons. The number of carboxylic acids is 1. The number of carbonyl (C=O) groups excluding carboxylic acids is 1. The molecule has 21 heavy (non-hydrogen) atoms. The van der Waals surface area contributed by atoms with Crippen molar-refractivity contribution in [2.24, 2.45) is 0 Å². The van der Waals surface area contributed by atoms with Crippen molar-refractivity contribution >= 4 is 12.0 Å². The van der Waals surface area contributed by atoms with E-state index < -0.39 is 11.5 Å². The van der Waals surface area contributed by atoms with Crippen LogP contribution in [0.25, 0.3) is 0 Å². The molecular formula is C15H27N3O3. The van der Waals surface area contributed by atoms with E-state index in [9.17, 15) is 9.59 Å². The first-order valence-electron chi connectivity index (χ1n) is 7.91. The van der Waals surface area contributed by atoms with Crippen molar-refractivity contribution in [2.45, 2.75) is 57.0 Å². The lowest BCUT2D eigenvalue weighted by Gasteiger charge is -2.34. The summed E-state index contributed by atoms with van der Waals surface area (Å²) in [7, 11) is 2.07. The molecule has 0 bridgehead atoms. The molecule has 0 spiro atoms. The van der Waals surface area contributed by atoms with E-state index in [4.69, 9.17) is 5.11 Å². The monoisotopic (exact) mass is 297 g/mol. The molecule has 1 atom stereocenters. The van der Waals surface area contributed by atoms with E-state index >= 15 is 0 Å². The molecule has 0 aromatic rings. The second-order valence-corrected chi connectivity index (χ2v) is 6.65. The van der Waals surface area contributed by atoms with Gasteiger partial charge in [0.15, 0.2) is 0 Å². The number of hydrogen-bond acceptors (Lipinski definition) is 3. The maximum absolute atomic E-state index is 12.6. The summed E-state index contributed by atoms with van der Waals surface area (Å²) >= 11 is 0. The zero-order chi connectivity index (χ0) is 15.5. The van der Waals surface area contributed by atoms with E-state index in [1.165, 1.54) is 0 Å². The van der Waals surface area contributed by atoms with Gasteiger partial charge in [0, 0.05) is 19.1 Å². The number of urea groups is 1. The molecule has 6 nitrogen and oxygen atoms in total. The summed E-state index contributed by atoms with van der Waals surface area (Å²) in [5.74, 6) is -0.833. The molecule has 2 fully saturated rings. The average molecular weight is 297 g/mol. The highest BCUT2D eigenvalue weighted by Crippen LogP contribution is 2.33. The third-order valence-corrected chi connectivity index (χ3v) is 4.73. The van der Waals surface area contributed by atoms with Crippen molar-refractivity contribution in [1.82, 2.24) is 15.1 Å². The van der Waals surface area contributed by atoms with Crippen molar-refractivity contribution in [3.8, 4) is 0 Å². The molecule has 1 unspecified atom stereocenters. The van der Waals surface area contributed by atoms with Gasteiger partial charge in [-0.3, -0.25) is 4.79 Å². The molecule has 0 aromatic heterocycles. The highest BCUT2D eigenvalue weighted by atomic mass is 16.4. The van der Waals surface area contributed by atoms with Crippen LogP contribution in [-0.4, -0.2) is 65.2 Å². The number of rotatable bonds is 3. The van der Waals surface area contributed by atoms with Crippen LogP contribution >= 0.6 is 0 Å². The maximum Gasteiger partial charge on any atom is 0.318 e. The van der Waals surface area contributed by atoms with Crippen LogP contribution in [0.5, 0.6) is 0 Å². The summed E-state index contributed by atoms with van der Waals surface area (Å²) in [6.07, 6.45) is 4.51. The Hall–Kier alpha value is -1.30. The molecule has 2 N–H and O–H groups in total. The van der Waals surface area contributed by atoms with Crippen molar-refractivity contribution in [2.75, 3.05) is 26.7 Å². The van der Waals surface area contributed by atoms with Gasteiger partial charge in [-0.15, -0.1) is 0 Å². The van der Waals surface area contributed by atoms with Crippen LogP contribution in [0.1, 0.15) is 45.4 Å². The predicted molar refractivity (Wildman–Crippen MR) is 80.3 cm³/mol. The first-order chi connectivity index (χ1) is 9.92. The zero-order valence-corrected chi connectivity index (χ0v) is 13.1. The lowest BCUT2D eigenvalue weighted by molar-refractivity contribution is -0.138. The summed E-state index contributed by atoms with van der Waals surface area (Å²) in [5, 5.41) is 12.2. The average Bonchev–Trinajstić information content (AvgIpc) is 2.73. The van der Waals surface area contributed by atoms with Crippen molar-refractivity contribution < 1.29 is 14.7 Å². The van der Waals surface area contributed by atoms with Crippen molar-refractivity contribution in [3.05, 3.63) is 0 Å². The molecule has 1 saturated carbocycles. The number of nitrogens with one attached hydrogen (secondary N) is 1. The van der Waals surface area contributed by atoms with Crippen LogP contribution in [0.15, 0.2) is 0 Å². The van der Waals surface area contributed by atoms with E-state index in [2.05, 4.69) is 24.2 Å². The predicted octanol–water partition coefficient (Wildman–Crippen LogP) is 1.51. The Balaban J connectivity index is 2.02. The Labute approximate surface area is 126 Å². The van der Waals surface area contributed by atoms with Gasteiger partial charge in [0.2, 0.25) is 0 Å². The number of nitrogens with zero attached hydrogens (tertiary/aromatic N) is 2. The molecule has 1 aliphatic carbocycles. The Kier molecular flexibility index (Phi) is 5.08. The SMILES string of the molecule is CC1CN(C)CCCN1C(=O)NC1(CC(=O)O)CCCC1. The topological polar surface area (TPSA) is 72.9 Å². The number of hydrogen-bond donors (Lipinski definition) is 2. The number of likely N-dealkylation sites (N-methyl/N-ethyl adjacent to an activating group) is 1. The second-order valence-electron chi connectivity index (χ2n) is 6.65. The fourth-order valence-electron chi connectivity index (χ4n) is 3.66. The Bertz CT molecular complexity index is 394. The molecule has 2 amide bonds. The van der Waals surface area contributed by atoms with Gasteiger partial charge in [0.05, 0.1) is 12.0 Å². The molecule has 1 saturated heterocycles. The van der Waals surface area contributed by atoms with Gasteiger partial charge in [-0.25, -0.2) is 4.79 Å². The number of amides is 2. The Morgan fingerprint density at radius 1 is 1.24 bits per heavy atom. The number of carbonyl (C=O) groups is 2. The third kappa shape index (κ3) is 4.09. The third-order valence-electron chi connectivity index (χ3n) is 4.73. The van der Waals surface area contributed by atoms with E-state index in [0.29, 0.717) is 0 Å². The fourth-order valence-corrected chi connectivity index (χ4v) is 3.66. The molecule has 0 aromatic carbocycles. The molecule has 6 heteroatoms. The minimum Gasteiger partial charge on any atom is -0.481 e. The number of carboxylic acid groups (broad SMARTS) is 1. The summed E-state index contributed by atoms with van der Waals surface area (Å²) in [5.41, 5.74) is -0.541. The first kappa shape index (κ1) is 16.1. The molecule has 2 aliphatic rings. The van der Waals surface area contributed by atoms with E-state index in [1.807, 2.05) is 4.90 Å².